The van der Waals surface area contributed by atoms with Crippen LogP contribution in [0.15, 0.2) is 22.7 Å². The van der Waals surface area contributed by atoms with Crippen molar-refractivity contribution in [3.05, 3.63) is 33.8 Å². The van der Waals surface area contributed by atoms with Crippen LogP contribution in [0, 0.1) is 19.3 Å². The zero-order valence-electron chi connectivity index (χ0n) is 9.02. The van der Waals surface area contributed by atoms with Gasteiger partial charge in [0, 0.05) is 17.4 Å². The first-order valence-corrected chi connectivity index (χ1v) is 5.92. The van der Waals surface area contributed by atoms with Crippen LogP contribution >= 0.6 is 15.9 Å². The number of nitrogens with one attached hydrogen (secondary N) is 1. The molecule has 0 unspecified atom stereocenters. The van der Waals surface area contributed by atoms with Gasteiger partial charge in [0.25, 0.3) is 0 Å². The fourth-order valence-electron chi connectivity index (χ4n) is 1.36. The fraction of sp³-hybridized carbons (Fsp3) is 0.385. The highest BCUT2D eigenvalue weighted by Crippen LogP contribution is 2.16. The Kier molecular flexibility index (Phi) is 5.45. The molecule has 0 saturated carbocycles. The van der Waals surface area contributed by atoms with Crippen molar-refractivity contribution in [1.29, 1.82) is 0 Å². The molecule has 1 N–H and O–H groups in total. The molecule has 80 valence electrons. The molecule has 0 aliphatic carbocycles. The quantitative estimate of drug-likeness (QED) is 0.637. The number of unbranched alkanes of at least 4 members (excludes halogenated alkanes) is 1. The average molecular weight is 266 g/mol. The van der Waals surface area contributed by atoms with Gasteiger partial charge in [-0.1, -0.05) is 28.1 Å². The molecule has 0 atom stereocenters. The first-order chi connectivity index (χ1) is 7.24. The second-order valence-electron chi connectivity index (χ2n) is 3.57. The van der Waals surface area contributed by atoms with Gasteiger partial charge in [-0.25, -0.2) is 0 Å². The second kappa shape index (κ2) is 6.66. The van der Waals surface area contributed by atoms with Gasteiger partial charge in [0.2, 0.25) is 0 Å². The van der Waals surface area contributed by atoms with E-state index in [1.54, 1.807) is 0 Å². The van der Waals surface area contributed by atoms with Crippen LogP contribution in [0.1, 0.15) is 24.0 Å². The maximum absolute atomic E-state index is 5.18. The summed E-state index contributed by atoms with van der Waals surface area (Å²) in [7, 11) is 0. The second-order valence-corrected chi connectivity index (χ2v) is 4.42. The number of aryl methyl sites for hydroxylation is 1. The molecule has 0 spiro atoms. The molecule has 0 aromatic heterocycles. The molecule has 1 aromatic rings. The Bertz CT molecular complexity index is 352. The molecule has 0 heterocycles. The molecule has 0 aliphatic rings. The third kappa shape index (κ3) is 4.51. The first-order valence-electron chi connectivity index (χ1n) is 5.13. The van der Waals surface area contributed by atoms with E-state index in [4.69, 9.17) is 6.42 Å². The van der Waals surface area contributed by atoms with Crippen molar-refractivity contribution < 1.29 is 0 Å². The Balaban J connectivity index is 2.32. The number of halogens is 1. The van der Waals surface area contributed by atoms with E-state index in [1.165, 1.54) is 15.6 Å². The van der Waals surface area contributed by atoms with E-state index in [9.17, 15) is 0 Å². The Labute approximate surface area is 100 Å². The van der Waals surface area contributed by atoms with Gasteiger partial charge in [-0.3, -0.25) is 0 Å². The normalized spacial score (nSPS) is 9.93. The highest BCUT2D eigenvalue weighted by Gasteiger charge is 1.96. The molecule has 1 aromatic carbocycles. The molecular formula is C13H16BrN. The number of rotatable bonds is 5. The van der Waals surface area contributed by atoms with Crippen molar-refractivity contribution in [2.24, 2.45) is 0 Å². The predicted molar refractivity (Wildman–Crippen MR) is 68.7 cm³/mol. The molecule has 0 aliphatic heterocycles. The average Bonchev–Trinajstić information content (AvgIpc) is 2.23. The highest BCUT2D eigenvalue weighted by atomic mass is 79.9. The summed E-state index contributed by atoms with van der Waals surface area (Å²) in [6, 6.07) is 6.41. The van der Waals surface area contributed by atoms with E-state index in [1.807, 2.05) is 0 Å². The van der Waals surface area contributed by atoms with Crippen LogP contribution in [0.4, 0.5) is 0 Å². The van der Waals surface area contributed by atoms with E-state index in [-0.39, 0.29) is 0 Å². The molecule has 0 bridgehead atoms. The summed E-state index contributed by atoms with van der Waals surface area (Å²) < 4.78 is 1.17. The van der Waals surface area contributed by atoms with Crippen molar-refractivity contribution in [3.63, 3.8) is 0 Å². The maximum Gasteiger partial charge on any atom is 0.0205 e. The summed E-state index contributed by atoms with van der Waals surface area (Å²) in [4.78, 5) is 0. The zero-order valence-corrected chi connectivity index (χ0v) is 10.6. The standard InChI is InChI=1S/C13H16BrN/c1-3-4-5-8-15-10-12-6-7-13(14)11(2)9-12/h1,6-7,9,15H,4-5,8,10H2,2H3. The minimum atomic E-state index is 0.854. The summed E-state index contributed by atoms with van der Waals surface area (Å²) >= 11 is 3.49. The Morgan fingerprint density at radius 3 is 2.93 bits per heavy atom. The van der Waals surface area contributed by atoms with E-state index in [0.717, 1.165) is 25.9 Å². The molecule has 0 saturated heterocycles. The lowest BCUT2D eigenvalue weighted by molar-refractivity contribution is 0.659. The molecule has 1 rings (SSSR count). The van der Waals surface area contributed by atoms with Gasteiger partial charge in [-0.15, -0.1) is 12.3 Å². The highest BCUT2D eigenvalue weighted by molar-refractivity contribution is 9.10. The Hall–Kier alpha value is -0.780. The SMILES string of the molecule is C#CCCCNCc1ccc(Br)c(C)c1. The van der Waals surface area contributed by atoms with E-state index in [0.29, 0.717) is 0 Å². The van der Waals surface area contributed by atoms with E-state index >= 15 is 0 Å². The van der Waals surface area contributed by atoms with Gasteiger partial charge in [-0.05, 0) is 37.1 Å². The lowest BCUT2D eigenvalue weighted by Crippen LogP contribution is -2.14. The van der Waals surface area contributed by atoms with Gasteiger partial charge in [-0.2, -0.15) is 0 Å². The third-order valence-electron chi connectivity index (χ3n) is 2.23. The smallest absolute Gasteiger partial charge is 0.0205 e. The monoisotopic (exact) mass is 265 g/mol. The maximum atomic E-state index is 5.18. The van der Waals surface area contributed by atoms with Crippen molar-refractivity contribution in [2.75, 3.05) is 6.54 Å². The lowest BCUT2D eigenvalue weighted by atomic mass is 10.1. The summed E-state index contributed by atoms with van der Waals surface area (Å²) in [5, 5.41) is 3.37. The van der Waals surface area contributed by atoms with Crippen molar-refractivity contribution in [2.45, 2.75) is 26.3 Å². The van der Waals surface area contributed by atoms with Crippen LogP contribution < -0.4 is 5.32 Å². The Morgan fingerprint density at radius 1 is 1.47 bits per heavy atom. The largest absolute Gasteiger partial charge is 0.313 e. The van der Waals surface area contributed by atoms with Crippen molar-refractivity contribution in [3.8, 4) is 12.3 Å². The molecule has 15 heavy (non-hydrogen) atoms. The van der Waals surface area contributed by atoms with Crippen LogP contribution in [-0.4, -0.2) is 6.54 Å². The predicted octanol–water partition coefficient (Wildman–Crippen LogP) is 3.26. The molecule has 1 nitrogen and oxygen atoms in total. The first kappa shape index (κ1) is 12.3. The number of hydrogen-bond acceptors (Lipinski definition) is 1. The van der Waals surface area contributed by atoms with Crippen molar-refractivity contribution >= 4 is 15.9 Å². The minimum Gasteiger partial charge on any atom is -0.313 e. The van der Waals surface area contributed by atoms with E-state index < -0.39 is 0 Å². The van der Waals surface area contributed by atoms with Crippen LogP contribution in [0.25, 0.3) is 0 Å². The third-order valence-corrected chi connectivity index (χ3v) is 3.12. The van der Waals surface area contributed by atoms with Gasteiger partial charge in [0.15, 0.2) is 0 Å². The number of hydrogen-bond donors (Lipinski definition) is 1. The molecule has 0 amide bonds. The van der Waals surface area contributed by atoms with Crippen molar-refractivity contribution in [1.82, 2.24) is 5.32 Å². The van der Waals surface area contributed by atoms with Crippen LogP contribution in [0.2, 0.25) is 0 Å². The molecule has 2 heteroatoms. The zero-order chi connectivity index (χ0) is 11.1. The molecular weight excluding hydrogens is 250 g/mol. The summed E-state index contributed by atoms with van der Waals surface area (Å²) in [5.74, 6) is 2.64. The van der Waals surface area contributed by atoms with Gasteiger partial charge in [0.1, 0.15) is 0 Å². The summed E-state index contributed by atoms with van der Waals surface area (Å²) in [5.41, 5.74) is 2.59. The topological polar surface area (TPSA) is 12.0 Å². The fourth-order valence-corrected chi connectivity index (χ4v) is 1.61. The van der Waals surface area contributed by atoms with Gasteiger partial charge in [0.05, 0.1) is 0 Å². The minimum absolute atomic E-state index is 0.854. The Morgan fingerprint density at radius 2 is 2.27 bits per heavy atom. The molecule has 0 radical (unpaired) electrons. The van der Waals surface area contributed by atoms with Gasteiger partial charge >= 0.3 is 0 Å². The van der Waals surface area contributed by atoms with E-state index in [2.05, 4.69) is 52.3 Å². The summed E-state index contributed by atoms with van der Waals surface area (Å²) in [6.45, 7) is 4.00. The number of benzene rings is 1. The van der Waals surface area contributed by atoms with Gasteiger partial charge < -0.3 is 5.32 Å². The molecule has 0 fully saturated rings. The lowest BCUT2D eigenvalue weighted by Gasteiger charge is -2.05. The van der Waals surface area contributed by atoms with Crippen LogP contribution in [0.3, 0.4) is 0 Å². The summed E-state index contributed by atoms with van der Waals surface area (Å²) in [6.07, 6.45) is 7.08. The number of terminal acetylenes is 1. The van der Waals surface area contributed by atoms with Crippen LogP contribution in [0.5, 0.6) is 0 Å². The van der Waals surface area contributed by atoms with Crippen LogP contribution in [-0.2, 0) is 6.54 Å².